The molecule has 12 nitrogen and oxygen atoms in total. The number of nitrogens with zero attached hydrogens (tertiary/aromatic N) is 4. The Morgan fingerprint density at radius 1 is 1.22 bits per heavy atom. The first-order valence-corrected chi connectivity index (χ1v) is 16.7. The number of fused-ring (bicyclic) bond motifs is 1. The molecule has 7 rings (SSSR count). The Labute approximate surface area is 293 Å². The van der Waals surface area contributed by atoms with Crippen LogP contribution in [0.3, 0.4) is 0 Å². The molecule has 50 heavy (non-hydrogen) atoms. The summed E-state index contributed by atoms with van der Waals surface area (Å²) in [6.45, 7) is 5.08. The third-order valence-electron chi connectivity index (χ3n) is 9.64. The van der Waals surface area contributed by atoms with E-state index in [-0.39, 0.29) is 28.8 Å². The smallest absolute Gasteiger partial charge is 0.309 e. The van der Waals surface area contributed by atoms with Gasteiger partial charge in [-0.05, 0) is 41.0 Å². The summed E-state index contributed by atoms with van der Waals surface area (Å²) in [7, 11) is 1.55. The standard InChI is InChI=1S/C37H35ClN6O6/c1-21-27(28-6-3-4-8-29(28)38)7-5-9-37(21,43-34(45)31-12-32(48-2)24(15-41-31)14-40-26-19-49-20-26)36-42-30-11-22(10-23(13-39)33(30)50-36)16-44-17-25(18-44)35(46)47/h3-12,15,21,25-26,40H,14,16-20H2,1-2H3,(H,43,45)(H,46,47). The van der Waals surface area contributed by atoms with Gasteiger partial charge in [-0.2, -0.15) is 5.26 Å². The molecule has 0 spiro atoms. The van der Waals surface area contributed by atoms with Crippen LogP contribution < -0.4 is 15.4 Å². The summed E-state index contributed by atoms with van der Waals surface area (Å²) in [5.41, 5.74) is 3.08. The molecule has 1 aliphatic carbocycles. The maximum absolute atomic E-state index is 14.2. The minimum Gasteiger partial charge on any atom is -0.496 e. The van der Waals surface area contributed by atoms with Crippen molar-refractivity contribution in [1.82, 2.24) is 25.5 Å². The lowest BCUT2D eigenvalue weighted by atomic mass is 9.74. The summed E-state index contributed by atoms with van der Waals surface area (Å²) in [4.78, 5) is 36.9. The predicted molar refractivity (Wildman–Crippen MR) is 184 cm³/mol. The maximum atomic E-state index is 14.2. The number of aliphatic carboxylic acids is 1. The lowest BCUT2D eigenvalue weighted by Gasteiger charge is -2.38. The summed E-state index contributed by atoms with van der Waals surface area (Å²) < 4.78 is 17.3. The van der Waals surface area contributed by atoms with Gasteiger partial charge in [0, 0.05) is 54.9 Å². The summed E-state index contributed by atoms with van der Waals surface area (Å²) in [6, 6.07) is 15.1. The van der Waals surface area contributed by atoms with Crippen molar-refractivity contribution in [3.05, 3.63) is 106 Å². The second-order valence-corrected chi connectivity index (χ2v) is 13.3. The number of halogens is 1. The number of likely N-dealkylation sites (tertiary alicyclic amines) is 1. The average Bonchev–Trinajstić information content (AvgIpc) is 3.51. The lowest BCUT2D eigenvalue weighted by Crippen LogP contribution is -2.50. The zero-order valence-electron chi connectivity index (χ0n) is 27.5. The third kappa shape index (κ3) is 6.25. The van der Waals surface area contributed by atoms with Crippen LogP contribution in [-0.4, -0.2) is 71.3 Å². The molecule has 2 unspecified atom stereocenters. The fraction of sp³-hybridized carbons (Fsp3) is 0.324. The molecular weight excluding hydrogens is 660 g/mol. The Morgan fingerprint density at radius 3 is 2.72 bits per heavy atom. The molecule has 3 aliphatic rings. The largest absolute Gasteiger partial charge is 0.496 e. The van der Waals surface area contributed by atoms with E-state index >= 15 is 0 Å². The SMILES string of the molecule is COc1cc(C(=O)NC2(c3nc4cc(CN5CC(C(=O)O)C5)cc(C#N)c4o3)C=CC=C(c3ccccc3Cl)C2C)ncc1CNC1COC1. The fourth-order valence-corrected chi connectivity index (χ4v) is 6.89. The van der Waals surface area contributed by atoms with Gasteiger partial charge in [0.1, 0.15) is 28.6 Å². The Balaban J connectivity index is 1.25. The summed E-state index contributed by atoms with van der Waals surface area (Å²) in [5.74, 6) is -1.45. The Hall–Kier alpha value is -5.06. The van der Waals surface area contributed by atoms with Gasteiger partial charge in [0.15, 0.2) is 5.58 Å². The summed E-state index contributed by atoms with van der Waals surface area (Å²) >= 11 is 6.68. The van der Waals surface area contributed by atoms with E-state index < -0.39 is 29.3 Å². The van der Waals surface area contributed by atoms with Crippen LogP contribution in [0.25, 0.3) is 16.7 Å². The van der Waals surface area contributed by atoms with Gasteiger partial charge in [0.2, 0.25) is 5.89 Å². The highest BCUT2D eigenvalue weighted by Crippen LogP contribution is 2.45. The monoisotopic (exact) mass is 694 g/mol. The first kappa shape index (κ1) is 33.4. The van der Waals surface area contributed by atoms with Crippen LogP contribution in [0.2, 0.25) is 5.02 Å². The van der Waals surface area contributed by atoms with Crippen molar-refractivity contribution in [3.8, 4) is 11.8 Å². The van der Waals surface area contributed by atoms with Gasteiger partial charge in [0.05, 0.1) is 37.8 Å². The van der Waals surface area contributed by atoms with E-state index in [9.17, 15) is 20.0 Å². The molecule has 0 bridgehead atoms. The Kier molecular flexibility index (Phi) is 9.15. The van der Waals surface area contributed by atoms with E-state index in [2.05, 4.69) is 21.7 Å². The molecule has 4 aromatic rings. The van der Waals surface area contributed by atoms with Gasteiger partial charge in [0.25, 0.3) is 5.91 Å². The van der Waals surface area contributed by atoms with Crippen molar-refractivity contribution in [2.75, 3.05) is 33.4 Å². The maximum Gasteiger partial charge on any atom is 0.309 e. The molecule has 0 radical (unpaired) electrons. The Morgan fingerprint density at radius 2 is 2.02 bits per heavy atom. The number of amides is 1. The van der Waals surface area contributed by atoms with E-state index in [1.807, 2.05) is 60.4 Å². The van der Waals surface area contributed by atoms with Crippen LogP contribution in [0.15, 0.2) is 71.3 Å². The van der Waals surface area contributed by atoms with Crippen LogP contribution in [0.4, 0.5) is 0 Å². The number of carbonyl (C=O) groups is 2. The van der Waals surface area contributed by atoms with Crippen LogP contribution in [0.1, 0.15) is 45.6 Å². The van der Waals surface area contributed by atoms with Crippen molar-refractivity contribution in [2.24, 2.45) is 11.8 Å². The van der Waals surface area contributed by atoms with Crippen molar-refractivity contribution in [3.63, 3.8) is 0 Å². The normalized spacial score (nSPS) is 20.8. The highest BCUT2D eigenvalue weighted by Gasteiger charge is 2.46. The number of carboxylic acids is 1. The highest BCUT2D eigenvalue weighted by molar-refractivity contribution is 6.32. The number of allylic oxidation sites excluding steroid dienone is 2. The fourth-order valence-electron chi connectivity index (χ4n) is 6.64. The summed E-state index contributed by atoms with van der Waals surface area (Å²) in [5, 5.41) is 26.5. The number of methoxy groups -OCH3 is 1. The minimum absolute atomic E-state index is 0.136. The van der Waals surface area contributed by atoms with Crippen LogP contribution in [-0.2, 0) is 28.2 Å². The number of carbonyl (C=O) groups excluding carboxylic acids is 1. The molecule has 2 aliphatic heterocycles. The number of hydrogen-bond donors (Lipinski definition) is 3. The first-order chi connectivity index (χ1) is 24.2. The predicted octanol–water partition coefficient (Wildman–Crippen LogP) is 4.68. The average molecular weight is 695 g/mol. The molecule has 13 heteroatoms. The van der Waals surface area contributed by atoms with Gasteiger partial charge in [-0.3, -0.25) is 19.5 Å². The van der Waals surface area contributed by atoms with E-state index in [1.165, 1.54) is 0 Å². The number of oxazole rings is 1. The number of carboxylic acid groups (broad SMARTS) is 1. The second kappa shape index (κ2) is 13.7. The highest BCUT2D eigenvalue weighted by atomic mass is 35.5. The zero-order valence-corrected chi connectivity index (χ0v) is 28.2. The summed E-state index contributed by atoms with van der Waals surface area (Å²) in [6.07, 6.45) is 7.24. The number of pyridine rings is 1. The van der Waals surface area contributed by atoms with E-state index in [4.69, 9.17) is 30.5 Å². The molecule has 256 valence electrons. The lowest BCUT2D eigenvalue weighted by molar-refractivity contribution is -0.147. The molecule has 2 aromatic heterocycles. The molecule has 2 aromatic carbocycles. The van der Waals surface area contributed by atoms with Crippen molar-refractivity contribution in [2.45, 2.75) is 31.6 Å². The minimum atomic E-state index is -1.32. The zero-order chi connectivity index (χ0) is 35.0. The first-order valence-electron chi connectivity index (χ1n) is 16.3. The molecule has 0 saturated carbocycles. The van der Waals surface area contributed by atoms with Crippen LogP contribution in [0.5, 0.6) is 5.75 Å². The van der Waals surface area contributed by atoms with Crippen molar-refractivity contribution >= 4 is 40.2 Å². The van der Waals surface area contributed by atoms with Crippen molar-refractivity contribution in [1.29, 1.82) is 5.26 Å². The number of hydrogen-bond acceptors (Lipinski definition) is 10. The molecule has 3 N–H and O–H groups in total. The number of aromatic nitrogens is 2. The van der Waals surface area contributed by atoms with Gasteiger partial charge in [-0.25, -0.2) is 4.98 Å². The molecule has 1 amide bonds. The van der Waals surface area contributed by atoms with Crippen LogP contribution in [0, 0.1) is 23.2 Å². The molecule has 2 fully saturated rings. The van der Waals surface area contributed by atoms with E-state index in [0.29, 0.717) is 55.7 Å². The van der Waals surface area contributed by atoms with E-state index in [1.54, 1.807) is 25.4 Å². The third-order valence-corrected chi connectivity index (χ3v) is 9.97. The topological polar surface area (TPSA) is 163 Å². The van der Waals surface area contributed by atoms with Gasteiger partial charge in [-0.1, -0.05) is 48.9 Å². The number of ether oxygens (including phenoxy) is 2. The van der Waals surface area contributed by atoms with E-state index in [0.717, 1.165) is 22.3 Å². The van der Waals surface area contributed by atoms with Gasteiger partial charge in [-0.15, -0.1) is 0 Å². The Bertz CT molecular complexity index is 2080. The van der Waals surface area contributed by atoms with Crippen molar-refractivity contribution < 1.29 is 28.6 Å². The second-order valence-electron chi connectivity index (χ2n) is 12.9. The molecule has 2 atom stereocenters. The number of nitrogens with one attached hydrogen (secondary N) is 2. The molecule has 4 heterocycles. The number of nitriles is 1. The quantitative estimate of drug-likeness (QED) is 0.200. The van der Waals surface area contributed by atoms with Gasteiger partial charge >= 0.3 is 5.97 Å². The molecule has 2 saturated heterocycles. The van der Waals surface area contributed by atoms with Crippen LogP contribution >= 0.6 is 11.6 Å². The number of benzene rings is 2. The van der Waals surface area contributed by atoms with Gasteiger partial charge < -0.3 is 29.6 Å². The number of rotatable bonds is 11. The molecular formula is C37H35ClN6O6.